The zero-order valence-corrected chi connectivity index (χ0v) is 9.89. The first-order valence-electron chi connectivity index (χ1n) is 5.40. The third kappa shape index (κ3) is 2.68. The fraction of sp³-hybridized carbons (Fsp3) is 0.455. The van der Waals surface area contributed by atoms with Crippen LogP contribution in [0.4, 0.5) is 5.82 Å². The Hall–Kier alpha value is -1.33. The van der Waals surface area contributed by atoms with Gasteiger partial charge in [-0.3, -0.25) is 0 Å². The smallest absolute Gasteiger partial charge is 0.337 e. The maximum atomic E-state index is 10.9. The Labute approximate surface area is 104 Å². The van der Waals surface area contributed by atoms with Crippen LogP contribution in [0.15, 0.2) is 12.3 Å². The average Bonchev–Trinajstić information content (AvgIpc) is 2.29. The van der Waals surface area contributed by atoms with Gasteiger partial charge in [-0.15, -0.1) is 0 Å². The van der Waals surface area contributed by atoms with E-state index in [-0.39, 0.29) is 16.7 Å². The van der Waals surface area contributed by atoms with Crippen LogP contribution in [0.2, 0.25) is 5.02 Å². The SMILES string of the molecule is O=C(O)c1cc(N2CCCC(O)C2)ncc1Cl. The number of hydrogen-bond acceptors (Lipinski definition) is 4. The number of carbonyl (C=O) groups is 1. The summed E-state index contributed by atoms with van der Waals surface area (Å²) < 4.78 is 0. The molecule has 0 bridgehead atoms. The molecule has 17 heavy (non-hydrogen) atoms. The van der Waals surface area contributed by atoms with Gasteiger partial charge < -0.3 is 15.1 Å². The lowest BCUT2D eigenvalue weighted by Crippen LogP contribution is -2.38. The molecule has 1 atom stereocenters. The largest absolute Gasteiger partial charge is 0.478 e. The summed E-state index contributed by atoms with van der Waals surface area (Å²) in [5.41, 5.74) is 0.0386. The lowest BCUT2D eigenvalue weighted by atomic mass is 10.1. The second-order valence-corrected chi connectivity index (χ2v) is 4.48. The first-order valence-corrected chi connectivity index (χ1v) is 5.77. The normalized spacial score (nSPS) is 20.4. The standard InChI is InChI=1S/C11H13ClN2O3/c12-9-5-13-10(4-8(9)11(16)17)14-3-1-2-7(15)6-14/h4-5,7,15H,1-3,6H2,(H,16,17). The molecule has 92 valence electrons. The molecule has 0 radical (unpaired) electrons. The third-order valence-corrected chi connectivity index (χ3v) is 3.09. The van der Waals surface area contributed by atoms with Crippen molar-refractivity contribution in [1.29, 1.82) is 0 Å². The highest BCUT2D eigenvalue weighted by atomic mass is 35.5. The van der Waals surface area contributed by atoms with Crippen molar-refractivity contribution < 1.29 is 15.0 Å². The highest BCUT2D eigenvalue weighted by molar-refractivity contribution is 6.33. The van der Waals surface area contributed by atoms with E-state index in [0.717, 1.165) is 19.4 Å². The second-order valence-electron chi connectivity index (χ2n) is 4.07. The van der Waals surface area contributed by atoms with Gasteiger partial charge in [0.05, 0.1) is 16.7 Å². The van der Waals surface area contributed by atoms with E-state index in [1.54, 1.807) is 0 Å². The van der Waals surface area contributed by atoms with Crippen molar-refractivity contribution >= 4 is 23.4 Å². The molecule has 1 unspecified atom stereocenters. The van der Waals surface area contributed by atoms with Crippen molar-refractivity contribution in [3.63, 3.8) is 0 Å². The number of aromatic nitrogens is 1. The Morgan fingerprint density at radius 3 is 3.00 bits per heavy atom. The summed E-state index contributed by atoms with van der Waals surface area (Å²) >= 11 is 5.75. The third-order valence-electron chi connectivity index (χ3n) is 2.79. The Kier molecular flexibility index (Phi) is 3.49. The highest BCUT2D eigenvalue weighted by Crippen LogP contribution is 2.23. The van der Waals surface area contributed by atoms with Gasteiger partial charge in [0.2, 0.25) is 0 Å². The minimum Gasteiger partial charge on any atom is -0.478 e. The van der Waals surface area contributed by atoms with Gasteiger partial charge >= 0.3 is 5.97 Å². The summed E-state index contributed by atoms with van der Waals surface area (Å²) in [6.07, 6.45) is 2.60. The fourth-order valence-corrected chi connectivity index (χ4v) is 2.11. The molecule has 2 N–H and O–H groups in total. The van der Waals surface area contributed by atoms with Gasteiger partial charge in [-0.25, -0.2) is 9.78 Å². The predicted octanol–water partition coefficient (Wildman–Crippen LogP) is 1.39. The van der Waals surface area contributed by atoms with Crippen LogP contribution in [0.5, 0.6) is 0 Å². The minimum absolute atomic E-state index is 0.0386. The van der Waals surface area contributed by atoms with E-state index in [2.05, 4.69) is 4.98 Å². The van der Waals surface area contributed by atoms with E-state index < -0.39 is 5.97 Å². The van der Waals surface area contributed by atoms with Crippen molar-refractivity contribution in [1.82, 2.24) is 4.98 Å². The Morgan fingerprint density at radius 2 is 2.35 bits per heavy atom. The van der Waals surface area contributed by atoms with Gasteiger partial charge in [-0.2, -0.15) is 0 Å². The monoisotopic (exact) mass is 256 g/mol. The molecule has 1 aliphatic rings. The van der Waals surface area contributed by atoms with Crippen LogP contribution in [0.3, 0.4) is 0 Å². The van der Waals surface area contributed by atoms with Crippen LogP contribution in [0.1, 0.15) is 23.2 Å². The topological polar surface area (TPSA) is 73.7 Å². The Balaban J connectivity index is 2.26. The van der Waals surface area contributed by atoms with Gasteiger partial charge in [0.25, 0.3) is 0 Å². The molecule has 1 aromatic heterocycles. The van der Waals surface area contributed by atoms with Crippen LogP contribution >= 0.6 is 11.6 Å². The molecule has 2 rings (SSSR count). The van der Waals surface area contributed by atoms with E-state index in [1.807, 2.05) is 4.90 Å². The number of anilines is 1. The first-order chi connectivity index (χ1) is 8.08. The number of aliphatic hydroxyl groups is 1. The van der Waals surface area contributed by atoms with Gasteiger partial charge in [-0.05, 0) is 18.9 Å². The maximum Gasteiger partial charge on any atom is 0.337 e. The lowest BCUT2D eigenvalue weighted by Gasteiger charge is -2.31. The summed E-state index contributed by atoms with van der Waals surface area (Å²) in [6, 6.07) is 1.45. The van der Waals surface area contributed by atoms with E-state index in [1.165, 1.54) is 12.3 Å². The van der Waals surface area contributed by atoms with E-state index in [9.17, 15) is 9.90 Å². The van der Waals surface area contributed by atoms with Crippen molar-refractivity contribution in [2.75, 3.05) is 18.0 Å². The van der Waals surface area contributed by atoms with Gasteiger partial charge in [0.1, 0.15) is 5.82 Å². The number of piperidine rings is 1. The summed E-state index contributed by atoms with van der Waals surface area (Å²) in [5.74, 6) is -0.526. The van der Waals surface area contributed by atoms with Crippen molar-refractivity contribution in [3.05, 3.63) is 22.8 Å². The molecule has 0 aromatic carbocycles. The van der Waals surface area contributed by atoms with Crippen LogP contribution in [0.25, 0.3) is 0 Å². The first kappa shape index (κ1) is 12.1. The number of aromatic carboxylic acids is 1. The summed E-state index contributed by atoms with van der Waals surface area (Å²) in [6.45, 7) is 1.25. The van der Waals surface area contributed by atoms with Crippen LogP contribution in [0, 0.1) is 0 Å². The molecule has 0 aliphatic carbocycles. The number of carboxylic acid groups (broad SMARTS) is 1. The molecule has 1 aromatic rings. The average molecular weight is 257 g/mol. The Morgan fingerprint density at radius 1 is 1.59 bits per heavy atom. The van der Waals surface area contributed by atoms with Gasteiger partial charge in [-0.1, -0.05) is 11.6 Å². The van der Waals surface area contributed by atoms with Crippen molar-refractivity contribution in [2.24, 2.45) is 0 Å². The molecule has 6 heteroatoms. The molecule has 5 nitrogen and oxygen atoms in total. The summed E-state index contributed by atoms with van der Waals surface area (Å²) in [4.78, 5) is 16.9. The Bertz CT molecular complexity index is 439. The molecule has 2 heterocycles. The number of pyridine rings is 1. The quantitative estimate of drug-likeness (QED) is 0.837. The van der Waals surface area contributed by atoms with Gasteiger partial charge in [0, 0.05) is 19.3 Å². The van der Waals surface area contributed by atoms with Crippen molar-refractivity contribution in [2.45, 2.75) is 18.9 Å². The number of aliphatic hydroxyl groups excluding tert-OH is 1. The molecule has 0 amide bonds. The molecule has 1 fully saturated rings. The van der Waals surface area contributed by atoms with E-state index >= 15 is 0 Å². The zero-order valence-electron chi connectivity index (χ0n) is 9.14. The number of carboxylic acids is 1. The van der Waals surface area contributed by atoms with Gasteiger partial charge in [0.15, 0.2) is 0 Å². The molecule has 1 aliphatic heterocycles. The van der Waals surface area contributed by atoms with Crippen LogP contribution in [-0.4, -0.2) is 40.4 Å². The number of nitrogens with zero attached hydrogens (tertiary/aromatic N) is 2. The number of β-amino-alcohol motifs (C(OH)–C–C–N with tert-alkyl or cyclic N) is 1. The molecular weight excluding hydrogens is 244 g/mol. The van der Waals surface area contributed by atoms with Crippen LogP contribution < -0.4 is 4.90 Å². The molecule has 0 spiro atoms. The highest BCUT2D eigenvalue weighted by Gasteiger charge is 2.20. The molecular formula is C11H13ClN2O3. The lowest BCUT2D eigenvalue weighted by molar-refractivity contribution is 0.0697. The molecule has 0 saturated carbocycles. The molecule has 1 saturated heterocycles. The van der Waals surface area contributed by atoms with E-state index in [4.69, 9.17) is 16.7 Å². The van der Waals surface area contributed by atoms with E-state index in [0.29, 0.717) is 12.4 Å². The zero-order chi connectivity index (χ0) is 12.4. The fourth-order valence-electron chi connectivity index (χ4n) is 1.93. The number of hydrogen-bond donors (Lipinski definition) is 2. The number of halogens is 1. The summed E-state index contributed by atoms with van der Waals surface area (Å²) in [5, 5.41) is 18.6. The minimum atomic E-state index is -1.07. The van der Waals surface area contributed by atoms with Crippen LogP contribution in [-0.2, 0) is 0 Å². The number of rotatable bonds is 2. The summed E-state index contributed by atoms with van der Waals surface area (Å²) in [7, 11) is 0. The van der Waals surface area contributed by atoms with Crippen molar-refractivity contribution in [3.8, 4) is 0 Å². The maximum absolute atomic E-state index is 10.9. The second kappa shape index (κ2) is 4.89. The predicted molar refractivity (Wildman–Crippen MR) is 63.7 cm³/mol.